The fraction of sp³-hybridized carbons (Fsp3) is 0.217. The monoisotopic (exact) mass is 390 g/mol. The van der Waals surface area contributed by atoms with Gasteiger partial charge in [-0.1, -0.05) is 42.0 Å². The molecule has 0 unspecified atom stereocenters. The second-order valence-electron chi connectivity index (χ2n) is 7.24. The van der Waals surface area contributed by atoms with Crippen molar-refractivity contribution in [2.75, 3.05) is 0 Å². The van der Waals surface area contributed by atoms with Gasteiger partial charge >= 0.3 is 5.69 Å². The molecule has 0 aliphatic heterocycles. The number of nitrogens with zero attached hydrogens (tertiary/aromatic N) is 2. The van der Waals surface area contributed by atoms with Crippen LogP contribution in [0.1, 0.15) is 27.1 Å². The number of thiophene rings is 1. The summed E-state index contributed by atoms with van der Waals surface area (Å²) in [5.41, 5.74) is 4.37. The zero-order chi connectivity index (χ0) is 20.0. The summed E-state index contributed by atoms with van der Waals surface area (Å²) in [5.74, 6) is 0. The molecular weight excluding hydrogens is 368 g/mol. The molecule has 0 aliphatic rings. The molecule has 0 saturated heterocycles. The van der Waals surface area contributed by atoms with Crippen molar-refractivity contribution < 1.29 is 0 Å². The van der Waals surface area contributed by atoms with E-state index in [4.69, 9.17) is 0 Å². The lowest BCUT2D eigenvalue weighted by Crippen LogP contribution is -2.39. The zero-order valence-corrected chi connectivity index (χ0v) is 17.3. The summed E-state index contributed by atoms with van der Waals surface area (Å²) in [7, 11) is 0. The number of hydrogen-bond donors (Lipinski definition) is 0. The van der Waals surface area contributed by atoms with Crippen LogP contribution in [0.5, 0.6) is 0 Å². The van der Waals surface area contributed by atoms with Crippen LogP contribution in [0, 0.1) is 27.7 Å². The fourth-order valence-corrected chi connectivity index (χ4v) is 4.68. The normalized spacial score (nSPS) is 11.3. The van der Waals surface area contributed by atoms with Crippen LogP contribution in [0.2, 0.25) is 0 Å². The first-order valence-electron chi connectivity index (χ1n) is 9.25. The molecule has 2 aromatic heterocycles. The predicted molar refractivity (Wildman–Crippen MR) is 116 cm³/mol. The highest BCUT2D eigenvalue weighted by Crippen LogP contribution is 2.28. The molecule has 0 amide bonds. The van der Waals surface area contributed by atoms with E-state index < -0.39 is 0 Å². The SMILES string of the molecule is Cc1ccc(C)c(Cn2c(=O)n(-c3ccccc3)c(=O)c3c(C)c(C)sc32)c1. The minimum Gasteiger partial charge on any atom is -0.279 e. The van der Waals surface area contributed by atoms with Gasteiger partial charge in [-0.15, -0.1) is 11.3 Å². The summed E-state index contributed by atoms with van der Waals surface area (Å²) in [6, 6.07) is 15.4. The fourth-order valence-electron chi connectivity index (χ4n) is 3.54. The van der Waals surface area contributed by atoms with Crippen molar-refractivity contribution in [3.8, 4) is 5.69 Å². The van der Waals surface area contributed by atoms with E-state index in [0.717, 1.165) is 32.0 Å². The Morgan fingerprint density at radius 1 is 0.929 bits per heavy atom. The number of hydrogen-bond acceptors (Lipinski definition) is 3. The molecule has 4 rings (SSSR count). The summed E-state index contributed by atoms with van der Waals surface area (Å²) in [6.45, 7) is 8.49. The highest BCUT2D eigenvalue weighted by molar-refractivity contribution is 7.18. The standard InChI is InChI=1S/C23H22N2O2S/c1-14-10-11-15(2)18(12-14)13-24-22-20(16(3)17(4)28-22)21(26)25(23(24)27)19-8-6-5-7-9-19/h5-12H,13H2,1-4H3. The smallest absolute Gasteiger partial charge is 0.279 e. The van der Waals surface area contributed by atoms with Crippen LogP contribution in [0.4, 0.5) is 0 Å². The third-order valence-electron chi connectivity index (χ3n) is 5.30. The van der Waals surface area contributed by atoms with Crippen molar-refractivity contribution in [1.82, 2.24) is 9.13 Å². The Morgan fingerprint density at radius 3 is 2.36 bits per heavy atom. The molecule has 0 N–H and O–H groups in total. The molecule has 0 atom stereocenters. The molecule has 2 aromatic carbocycles. The van der Waals surface area contributed by atoms with E-state index in [1.807, 2.05) is 39.0 Å². The highest BCUT2D eigenvalue weighted by Gasteiger charge is 2.20. The second-order valence-corrected chi connectivity index (χ2v) is 8.44. The molecule has 4 aromatic rings. The number of para-hydroxylation sites is 1. The first-order chi connectivity index (χ1) is 13.4. The van der Waals surface area contributed by atoms with E-state index in [1.165, 1.54) is 15.9 Å². The average molecular weight is 391 g/mol. The summed E-state index contributed by atoms with van der Waals surface area (Å²) >= 11 is 1.52. The number of aromatic nitrogens is 2. The van der Waals surface area contributed by atoms with Crippen LogP contribution >= 0.6 is 11.3 Å². The maximum Gasteiger partial charge on any atom is 0.337 e. The Balaban J connectivity index is 2.08. The number of rotatable bonds is 3. The third kappa shape index (κ3) is 2.92. The first-order valence-corrected chi connectivity index (χ1v) is 10.1. The van der Waals surface area contributed by atoms with Gasteiger partial charge in [0, 0.05) is 4.88 Å². The van der Waals surface area contributed by atoms with E-state index in [-0.39, 0.29) is 11.2 Å². The van der Waals surface area contributed by atoms with Crippen LogP contribution < -0.4 is 11.2 Å². The Hall–Kier alpha value is -2.92. The van der Waals surface area contributed by atoms with Gasteiger partial charge in [-0.2, -0.15) is 0 Å². The maximum atomic E-state index is 13.5. The van der Waals surface area contributed by atoms with Gasteiger partial charge in [0.1, 0.15) is 4.83 Å². The molecule has 0 bridgehead atoms. The summed E-state index contributed by atoms with van der Waals surface area (Å²) in [4.78, 5) is 28.5. The third-order valence-corrected chi connectivity index (χ3v) is 6.53. The minimum absolute atomic E-state index is 0.245. The molecule has 2 heterocycles. The molecule has 0 fully saturated rings. The van der Waals surface area contributed by atoms with Gasteiger partial charge in [-0.3, -0.25) is 9.36 Å². The summed E-state index contributed by atoms with van der Waals surface area (Å²) in [6.07, 6.45) is 0. The van der Waals surface area contributed by atoms with Crippen LogP contribution in [-0.2, 0) is 6.54 Å². The van der Waals surface area contributed by atoms with Crippen molar-refractivity contribution in [2.45, 2.75) is 34.2 Å². The first kappa shape index (κ1) is 18.4. The molecule has 0 saturated carbocycles. The molecule has 5 heteroatoms. The van der Waals surface area contributed by atoms with Crippen molar-refractivity contribution in [1.29, 1.82) is 0 Å². The second kappa shape index (κ2) is 6.91. The van der Waals surface area contributed by atoms with Crippen molar-refractivity contribution >= 4 is 21.6 Å². The molecule has 0 radical (unpaired) electrons. The topological polar surface area (TPSA) is 44.0 Å². The summed E-state index contributed by atoms with van der Waals surface area (Å²) in [5, 5.41) is 0.635. The van der Waals surface area contributed by atoms with Gasteiger partial charge < -0.3 is 0 Å². The van der Waals surface area contributed by atoms with E-state index in [1.54, 1.807) is 16.7 Å². The highest BCUT2D eigenvalue weighted by atomic mass is 32.1. The van der Waals surface area contributed by atoms with Gasteiger partial charge in [0.15, 0.2) is 0 Å². The maximum absolute atomic E-state index is 13.5. The molecule has 0 aliphatic carbocycles. The predicted octanol–water partition coefficient (Wildman–Crippen LogP) is 4.50. The quantitative estimate of drug-likeness (QED) is 0.517. The minimum atomic E-state index is -0.300. The van der Waals surface area contributed by atoms with Crippen LogP contribution in [0.15, 0.2) is 58.1 Å². The van der Waals surface area contributed by atoms with Gasteiger partial charge in [-0.05, 0) is 56.5 Å². The van der Waals surface area contributed by atoms with Gasteiger partial charge in [0.05, 0.1) is 17.6 Å². The van der Waals surface area contributed by atoms with Gasteiger partial charge in [0.25, 0.3) is 5.56 Å². The van der Waals surface area contributed by atoms with E-state index in [0.29, 0.717) is 17.6 Å². The van der Waals surface area contributed by atoms with E-state index in [9.17, 15) is 9.59 Å². The molecule has 142 valence electrons. The zero-order valence-electron chi connectivity index (χ0n) is 16.4. The van der Waals surface area contributed by atoms with E-state index >= 15 is 0 Å². The Bertz CT molecular complexity index is 1310. The molecular formula is C23H22N2O2S. The molecule has 28 heavy (non-hydrogen) atoms. The Morgan fingerprint density at radius 2 is 1.64 bits per heavy atom. The number of benzene rings is 2. The average Bonchev–Trinajstić information content (AvgIpc) is 2.97. The van der Waals surface area contributed by atoms with Crippen molar-refractivity contribution in [3.05, 3.63) is 96.5 Å². The number of aryl methyl sites for hydroxylation is 4. The van der Waals surface area contributed by atoms with E-state index in [2.05, 4.69) is 25.1 Å². The van der Waals surface area contributed by atoms with Crippen molar-refractivity contribution in [3.63, 3.8) is 0 Å². The van der Waals surface area contributed by atoms with Gasteiger partial charge in [0.2, 0.25) is 0 Å². The largest absolute Gasteiger partial charge is 0.337 e. The Labute approximate surface area is 167 Å². The van der Waals surface area contributed by atoms with Crippen LogP contribution in [-0.4, -0.2) is 9.13 Å². The van der Waals surface area contributed by atoms with Crippen LogP contribution in [0.25, 0.3) is 15.9 Å². The Kier molecular flexibility index (Phi) is 4.55. The van der Waals surface area contributed by atoms with Gasteiger partial charge in [-0.25, -0.2) is 9.36 Å². The van der Waals surface area contributed by atoms with Crippen molar-refractivity contribution in [2.24, 2.45) is 0 Å². The number of fused-ring (bicyclic) bond motifs is 1. The van der Waals surface area contributed by atoms with Crippen LogP contribution in [0.3, 0.4) is 0 Å². The molecule has 0 spiro atoms. The lowest BCUT2D eigenvalue weighted by atomic mass is 10.1. The molecule has 4 nitrogen and oxygen atoms in total. The lowest BCUT2D eigenvalue weighted by molar-refractivity contribution is 0.716. The lowest BCUT2D eigenvalue weighted by Gasteiger charge is -2.14. The summed E-state index contributed by atoms with van der Waals surface area (Å²) < 4.78 is 3.04.